The molecule has 1 aromatic carbocycles. The molecule has 0 aliphatic rings. The normalized spacial score (nSPS) is 11.2. The number of carbonyl (C=O) groups is 1. The summed E-state index contributed by atoms with van der Waals surface area (Å²) < 4.78 is 2.23. The summed E-state index contributed by atoms with van der Waals surface area (Å²) in [7, 11) is 0. The summed E-state index contributed by atoms with van der Waals surface area (Å²) in [4.78, 5) is 15.4. The number of carbonyl (C=O) groups excluding carboxylic acids is 1. The van der Waals surface area contributed by atoms with Gasteiger partial charge < -0.3 is 4.57 Å². The molecule has 0 spiro atoms. The minimum Gasteiger partial charge on any atom is -0.339 e. The van der Waals surface area contributed by atoms with Crippen LogP contribution in [0.3, 0.4) is 0 Å². The van der Waals surface area contributed by atoms with Crippen LogP contribution in [0.25, 0.3) is 21.8 Å². The zero-order valence-electron chi connectivity index (χ0n) is 11.0. The fourth-order valence-corrected chi connectivity index (χ4v) is 2.66. The van der Waals surface area contributed by atoms with Gasteiger partial charge in [0.25, 0.3) is 0 Å². The lowest BCUT2D eigenvalue weighted by atomic mass is 10.2. The molecule has 3 rings (SSSR count). The average molecular weight is 252 g/mol. The third-order valence-corrected chi connectivity index (χ3v) is 3.55. The fraction of sp³-hybridized carbons (Fsp3) is 0.250. The molecule has 0 fully saturated rings. The van der Waals surface area contributed by atoms with E-state index in [1.54, 1.807) is 6.20 Å². The van der Waals surface area contributed by atoms with Crippen molar-refractivity contribution in [3.63, 3.8) is 0 Å². The molecule has 0 saturated heterocycles. The van der Waals surface area contributed by atoms with Crippen molar-refractivity contribution in [3.8, 4) is 0 Å². The molecule has 19 heavy (non-hydrogen) atoms. The summed E-state index contributed by atoms with van der Waals surface area (Å²) in [5.74, 6) is 0. The van der Waals surface area contributed by atoms with Gasteiger partial charge >= 0.3 is 0 Å². The quantitative estimate of drug-likeness (QED) is 0.662. The summed E-state index contributed by atoms with van der Waals surface area (Å²) in [5, 5.41) is 2.31. The largest absolute Gasteiger partial charge is 0.339 e. The van der Waals surface area contributed by atoms with Gasteiger partial charge in [-0.15, -0.1) is 0 Å². The molecular weight excluding hydrogens is 236 g/mol. The zero-order chi connectivity index (χ0) is 13.2. The third kappa shape index (κ3) is 1.82. The molecule has 0 unspecified atom stereocenters. The Balaban J connectivity index is 2.41. The van der Waals surface area contributed by atoms with E-state index in [0.29, 0.717) is 5.69 Å². The van der Waals surface area contributed by atoms with Gasteiger partial charge in [0.1, 0.15) is 5.69 Å². The monoisotopic (exact) mass is 252 g/mol. The van der Waals surface area contributed by atoms with E-state index in [4.69, 9.17) is 0 Å². The van der Waals surface area contributed by atoms with Gasteiger partial charge in [-0.3, -0.25) is 9.78 Å². The number of nitrogens with zero attached hydrogens (tertiary/aromatic N) is 2. The van der Waals surface area contributed by atoms with Gasteiger partial charge in [0.2, 0.25) is 0 Å². The van der Waals surface area contributed by atoms with Crippen LogP contribution in [0.15, 0.2) is 36.5 Å². The molecule has 96 valence electrons. The third-order valence-electron chi connectivity index (χ3n) is 3.55. The van der Waals surface area contributed by atoms with Gasteiger partial charge in [-0.25, -0.2) is 0 Å². The predicted molar refractivity (Wildman–Crippen MR) is 77.5 cm³/mol. The van der Waals surface area contributed by atoms with Crippen LogP contribution >= 0.6 is 0 Å². The van der Waals surface area contributed by atoms with E-state index in [1.165, 1.54) is 10.9 Å². The zero-order valence-corrected chi connectivity index (χ0v) is 11.0. The number of aromatic nitrogens is 2. The topological polar surface area (TPSA) is 34.9 Å². The number of aryl methyl sites for hydroxylation is 1. The number of hydrogen-bond acceptors (Lipinski definition) is 2. The van der Waals surface area contributed by atoms with Crippen LogP contribution in [0.1, 0.15) is 30.3 Å². The van der Waals surface area contributed by atoms with Gasteiger partial charge in [-0.1, -0.05) is 31.5 Å². The van der Waals surface area contributed by atoms with E-state index in [2.05, 4.69) is 28.6 Å². The number of pyridine rings is 1. The number of fused-ring (bicyclic) bond motifs is 3. The smallest absolute Gasteiger partial charge is 0.170 e. The second kappa shape index (κ2) is 4.84. The van der Waals surface area contributed by atoms with Crippen molar-refractivity contribution in [1.29, 1.82) is 0 Å². The maximum absolute atomic E-state index is 11.2. The maximum Gasteiger partial charge on any atom is 0.170 e. The molecule has 0 atom stereocenters. The first-order valence-corrected chi connectivity index (χ1v) is 6.68. The molecule has 0 amide bonds. The molecule has 3 heteroatoms. The highest BCUT2D eigenvalue weighted by Gasteiger charge is 2.13. The number of benzene rings is 1. The van der Waals surface area contributed by atoms with Crippen molar-refractivity contribution in [1.82, 2.24) is 9.55 Å². The van der Waals surface area contributed by atoms with E-state index in [1.807, 2.05) is 18.2 Å². The van der Waals surface area contributed by atoms with Crippen LogP contribution < -0.4 is 0 Å². The molecule has 0 saturated carbocycles. The first-order valence-electron chi connectivity index (χ1n) is 6.68. The Bertz CT molecular complexity index is 743. The highest BCUT2D eigenvalue weighted by atomic mass is 16.1. The van der Waals surface area contributed by atoms with Crippen LogP contribution in [0.5, 0.6) is 0 Å². The lowest BCUT2D eigenvalue weighted by Gasteiger charge is -2.07. The van der Waals surface area contributed by atoms with Gasteiger partial charge in [-0.05, 0) is 18.6 Å². The van der Waals surface area contributed by atoms with Crippen molar-refractivity contribution in [2.24, 2.45) is 0 Å². The Morgan fingerprint density at radius 2 is 2.05 bits per heavy atom. The summed E-state index contributed by atoms with van der Waals surface area (Å²) in [6.45, 7) is 3.10. The summed E-state index contributed by atoms with van der Waals surface area (Å²) >= 11 is 0. The highest BCUT2D eigenvalue weighted by molar-refractivity contribution is 6.11. The lowest BCUT2D eigenvalue weighted by Crippen LogP contribution is -2.00. The van der Waals surface area contributed by atoms with Crippen LogP contribution in [0, 0.1) is 0 Å². The van der Waals surface area contributed by atoms with Crippen LogP contribution in [0.4, 0.5) is 0 Å². The Kier molecular flexibility index (Phi) is 3.03. The van der Waals surface area contributed by atoms with E-state index in [-0.39, 0.29) is 0 Å². The standard InChI is InChI=1S/C16H16N2O/c1-2-3-10-18-15-7-5-4-6-12(15)13-8-9-17-14(11-19)16(13)18/h4-9,11H,2-3,10H2,1H3. The van der Waals surface area contributed by atoms with Gasteiger partial charge in [0, 0.05) is 29.0 Å². The molecule has 3 aromatic rings. The highest BCUT2D eigenvalue weighted by Crippen LogP contribution is 2.30. The molecule has 0 aliphatic carbocycles. The van der Waals surface area contributed by atoms with E-state index >= 15 is 0 Å². The molecule has 2 heterocycles. The SMILES string of the molecule is CCCCn1c2ccccc2c2ccnc(C=O)c21. The van der Waals surface area contributed by atoms with Crippen molar-refractivity contribution in [2.75, 3.05) is 0 Å². The fourth-order valence-electron chi connectivity index (χ4n) is 2.66. The lowest BCUT2D eigenvalue weighted by molar-refractivity contribution is 0.112. The van der Waals surface area contributed by atoms with E-state index in [9.17, 15) is 4.79 Å². The van der Waals surface area contributed by atoms with Crippen molar-refractivity contribution >= 4 is 28.1 Å². The maximum atomic E-state index is 11.2. The van der Waals surface area contributed by atoms with Crippen molar-refractivity contribution in [2.45, 2.75) is 26.3 Å². The number of hydrogen-bond donors (Lipinski definition) is 0. The van der Waals surface area contributed by atoms with Crippen LogP contribution in [0.2, 0.25) is 0 Å². The molecular formula is C16H16N2O. The minimum absolute atomic E-state index is 0.532. The second-order valence-corrected chi connectivity index (χ2v) is 4.73. The Labute approximate surface area is 111 Å². The Morgan fingerprint density at radius 1 is 1.21 bits per heavy atom. The number of rotatable bonds is 4. The van der Waals surface area contributed by atoms with E-state index in [0.717, 1.165) is 36.6 Å². The Hall–Kier alpha value is -2.16. The number of para-hydroxylation sites is 1. The second-order valence-electron chi connectivity index (χ2n) is 4.73. The minimum atomic E-state index is 0.532. The van der Waals surface area contributed by atoms with Gasteiger partial charge in [-0.2, -0.15) is 0 Å². The van der Waals surface area contributed by atoms with Crippen molar-refractivity contribution in [3.05, 3.63) is 42.2 Å². The van der Waals surface area contributed by atoms with Crippen LogP contribution in [-0.4, -0.2) is 15.8 Å². The van der Waals surface area contributed by atoms with E-state index < -0.39 is 0 Å². The molecule has 0 N–H and O–H groups in total. The number of aldehydes is 1. The molecule has 2 aromatic heterocycles. The van der Waals surface area contributed by atoms with Crippen LogP contribution in [-0.2, 0) is 6.54 Å². The Morgan fingerprint density at radius 3 is 2.84 bits per heavy atom. The number of unbranched alkanes of at least 4 members (excludes halogenated alkanes) is 1. The molecule has 0 radical (unpaired) electrons. The summed E-state index contributed by atoms with van der Waals surface area (Å²) in [6.07, 6.45) is 4.79. The van der Waals surface area contributed by atoms with Crippen molar-refractivity contribution < 1.29 is 4.79 Å². The molecule has 0 bridgehead atoms. The molecule has 3 nitrogen and oxygen atoms in total. The first kappa shape index (κ1) is 11.9. The summed E-state index contributed by atoms with van der Waals surface area (Å²) in [5.41, 5.74) is 2.68. The van der Waals surface area contributed by atoms with Gasteiger partial charge in [0.05, 0.1) is 5.52 Å². The van der Waals surface area contributed by atoms with Gasteiger partial charge in [0.15, 0.2) is 6.29 Å². The summed E-state index contributed by atoms with van der Waals surface area (Å²) in [6, 6.07) is 10.3. The average Bonchev–Trinajstić information content (AvgIpc) is 2.79. The molecule has 0 aliphatic heterocycles. The first-order chi connectivity index (χ1) is 9.36. The predicted octanol–water partition coefficient (Wildman–Crippen LogP) is 3.80.